The Morgan fingerprint density at radius 3 is 2.82 bits per heavy atom. The minimum Gasteiger partial charge on any atom is -0.396 e. The Kier molecular flexibility index (Phi) is 2.84. The standard InChI is InChI=1S/C12H13IN2O2/c13-11-9-3-1-2-4-10(9)15(14-11)5-12(6-16)7-17-8-12/h1-4,16H,5-8H2. The van der Waals surface area contributed by atoms with Crippen molar-refractivity contribution >= 4 is 33.5 Å². The van der Waals surface area contributed by atoms with Gasteiger partial charge in [0.2, 0.25) is 0 Å². The second-order valence-corrected chi connectivity index (χ2v) is 5.64. The number of ether oxygens (including phenoxy) is 1. The molecule has 2 aromatic rings. The molecule has 0 aliphatic carbocycles. The molecule has 1 aliphatic rings. The van der Waals surface area contributed by atoms with Crippen molar-refractivity contribution < 1.29 is 9.84 Å². The highest BCUT2D eigenvalue weighted by Gasteiger charge is 2.39. The highest BCUT2D eigenvalue weighted by Crippen LogP contribution is 2.30. The molecule has 0 spiro atoms. The number of para-hydroxylation sites is 1. The molecule has 0 unspecified atom stereocenters. The molecular formula is C12H13IN2O2. The predicted molar refractivity (Wildman–Crippen MR) is 72.8 cm³/mol. The van der Waals surface area contributed by atoms with Gasteiger partial charge in [-0.05, 0) is 28.7 Å². The van der Waals surface area contributed by atoms with E-state index in [1.54, 1.807) is 0 Å². The van der Waals surface area contributed by atoms with Gasteiger partial charge in [0.05, 0.1) is 37.3 Å². The van der Waals surface area contributed by atoms with E-state index >= 15 is 0 Å². The first-order valence-electron chi connectivity index (χ1n) is 5.54. The number of halogens is 1. The van der Waals surface area contributed by atoms with Crippen LogP contribution < -0.4 is 0 Å². The fourth-order valence-corrected chi connectivity index (χ4v) is 2.86. The van der Waals surface area contributed by atoms with Gasteiger partial charge in [-0.15, -0.1) is 0 Å². The number of hydrogen-bond acceptors (Lipinski definition) is 3. The summed E-state index contributed by atoms with van der Waals surface area (Å²) < 4.78 is 8.21. The smallest absolute Gasteiger partial charge is 0.131 e. The number of benzene rings is 1. The third-order valence-corrected chi connectivity index (χ3v) is 4.05. The Morgan fingerprint density at radius 1 is 1.41 bits per heavy atom. The van der Waals surface area contributed by atoms with E-state index in [1.165, 1.54) is 5.39 Å². The molecule has 1 aliphatic heterocycles. The predicted octanol–water partition coefficient (Wildman–Crippen LogP) is 1.65. The zero-order valence-corrected chi connectivity index (χ0v) is 11.4. The molecule has 2 heterocycles. The van der Waals surface area contributed by atoms with E-state index in [9.17, 15) is 5.11 Å². The van der Waals surface area contributed by atoms with Gasteiger partial charge in [0.25, 0.3) is 0 Å². The van der Waals surface area contributed by atoms with Crippen LogP contribution in [0.25, 0.3) is 10.9 Å². The molecule has 4 nitrogen and oxygen atoms in total. The molecule has 1 N–H and O–H groups in total. The van der Waals surface area contributed by atoms with Crippen molar-refractivity contribution in [1.82, 2.24) is 9.78 Å². The molecule has 0 saturated carbocycles. The molecule has 0 radical (unpaired) electrons. The molecule has 1 fully saturated rings. The van der Waals surface area contributed by atoms with Crippen molar-refractivity contribution in [3.8, 4) is 0 Å². The van der Waals surface area contributed by atoms with Crippen molar-refractivity contribution in [1.29, 1.82) is 0 Å². The summed E-state index contributed by atoms with van der Waals surface area (Å²) >= 11 is 2.25. The van der Waals surface area contributed by atoms with Gasteiger partial charge in [0.15, 0.2) is 0 Å². The second-order valence-electron chi connectivity index (χ2n) is 4.62. The second kappa shape index (κ2) is 4.22. The summed E-state index contributed by atoms with van der Waals surface area (Å²) in [7, 11) is 0. The number of hydrogen-bond donors (Lipinski definition) is 1. The van der Waals surface area contributed by atoms with Crippen molar-refractivity contribution in [2.24, 2.45) is 5.41 Å². The van der Waals surface area contributed by atoms with Crippen molar-refractivity contribution in [3.63, 3.8) is 0 Å². The summed E-state index contributed by atoms with van der Waals surface area (Å²) in [5.41, 5.74) is 0.981. The Bertz CT molecular complexity index is 543. The van der Waals surface area contributed by atoms with Crippen LogP contribution in [-0.2, 0) is 11.3 Å². The number of aliphatic hydroxyl groups excluding tert-OH is 1. The fourth-order valence-electron chi connectivity index (χ4n) is 2.15. The number of aromatic nitrogens is 2. The number of rotatable bonds is 3. The molecule has 1 aromatic heterocycles. The Hall–Kier alpha value is -0.660. The zero-order chi connectivity index (χ0) is 11.9. The van der Waals surface area contributed by atoms with Crippen LogP contribution in [-0.4, -0.2) is 34.7 Å². The molecule has 3 rings (SSSR count). The van der Waals surface area contributed by atoms with E-state index < -0.39 is 0 Å². The number of nitrogens with zero attached hydrogens (tertiary/aromatic N) is 2. The van der Waals surface area contributed by atoms with Crippen LogP contribution in [0.5, 0.6) is 0 Å². The summed E-state index contributed by atoms with van der Waals surface area (Å²) in [6, 6.07) is 8.17. The van der Waals surface area contributed by atoms with E-state index in [1.807, 2.05) is 16.8 Å². The average Bonchev–Trinajstić information content (AvgIpc) is 2.62. The van der Waals surface area contributed by atoms with Gasteiger partial charge in [-0.1, -0.05) is 18.2 Å². The topological polar surface area (TPSA) is 47.3 Å². The van der Waals surface area contributed by atoms with Gasteiger partial charge >= 0.3 is 0 Å². The largest absolute Gasteiger partial charge is 0.396 e. The van der Waals surface area contributed by atoms with Gasteiger partial charge in [0.1, 0.15) is 3.70 Å². The lowest BCUT2D eigenvalue weighted by Crippen LogP contribution is -2.48. The number of fused-ring (bicyclic) bond motifs is 1. The van der Waals surface area contributed by atoms with Crippen LogP contribution in [0.3, 0.4) is 0 Å². The molecule has 1 saturated heterocycles. The van der Waals surface area contributed by atoms with Crippen LogP contribution in [0.2, 0.25) is 0 Å². The van der Waals surface area contributed by atoms with Crippen LogP contribution in [0.15, 0.2) is 24.3 Å². The van der Waals surface area contributed by atoms with Crippen molar-refractivity contribution in [2.45, 2.75) is 6.54 Å². The minimum atomic E-state index is -0.141. The van der Waals surface area contributed by atoms with Gasteiger partial charge in [0, 0.05) is 5.39 Å². The fraction of sp³-hybridized carbons (Fsp3) is 0.417. The Balaban J connectivity index is 2.00. The van der Waals surface area contributed by atoms with Gasteiger partial charge in [-0.25, -0.2) is 0 Å². The summed E-state index contributed by atoms with van der Waals surface area (Å²) in [4.78, 5) is 0. The maximum Gasteiger partial charge on any atom is 0.131 e. The number of aliphatic hydroxyl groups is 1. The van der Waals surface area contributed by atoms with Gasteiger partial charge < -0.3 is 9.84 Å². The van der Waals surface area contributed by atoms with E-state index in [-0.39, 0.29) is 12.0 Å². The third-order valence-electron chi connectivity index (χ3n) is 3.25. The molecule has 0 bridgehead atoms. The zero-order valence-electron chi connectivity index (χ0n) is 9.27. The lowest BCUT2D eigenvalue weighted by molar-refractivity contribution is -0.145. The van der Waals surface area contributed by atoms with Crippen LogP contribution in [0, 0.1) is 9.12 Å². The Morgan fingerprint density at radius 2 is 2.18 bits per heavy atom. The monoisotopic (exact) mass is 344 g/mol. The first-order valence-corrected chi connectivity index (χ1v) is 6.62. The van der Waals surface area contributed by atoms with E-state index in [4.69, 9.17) is 4.74 Å². The summed E-state index contributed by atoms with van der Waals surface area (Å²) in [5.74, 6) is 0. The SMILES string of the molecule is OCC1(Cn2nc(I)c3ccccc32)COC1. The maximum absolute atomic E-state index is 9.45. The van der Waals surface area contributed by atoms with Crippen LogP contribution in [0.1, 0.15) is 0 Å². The van der Waals surface area contributed by atoms with Gasteiger partial charge in [-0.3, -0.25) is 4.68 Å². The lowest BCUT2D eigenvalue weighted by atomic mass is 9.87. The molecule has 1 aromatic carbocycles. The third kappa shape index (κ3) is 1.86. The Labute approximate surface area is 113 Å². The van der Waals surface area contributed by atoms with E-state index in [2.05, 4.69) is 39.8 Å². The van der Waals surface area contributed by atoms with Crippen LogP contribution >= 0.6 is 22.6 Å². The molecule has 5 heteroatoms. The quantitative estimate of drug-likeness (QED) is 0.862. The molecule has 0 atom stereocenters. The summed E-state index contributed by atoms with van der Waals surface area (Å²) in [6.07, 6.45) is 0. The molecule has 17 heavy (non-hydrogen) atoms. The van der Waals surface area contributed by atoms with E-state index in [0.717, 1.165) is 9.22 Å². The first kappa shape index (κ1) is 11.4. The summed E-state index contributed by atoms with van der Waals surface area (Å²) in [6.45, 7) is 2.10. The molecule has 0 amide bonds. The highest BCUT2D eigenvalue weighted by molar-refractivity contribution is 14.1. The normalized spacial score (nSPS) is 18.2. The molecule has 90 valence electrons. The summed E-state index contributed by atoms with van der Waals surface area (Å²) in [5, 5.41) is 15.2. The van der Waals surface area contributed by atoms with Crippen LogP contribution in [0.4, 0.5) is 0 Å². The lowest BCUT2D eigenvalue weighted by Gasteiger charge is -2.39. The van der Waals surface area contributed by atoms with Gasteiger partial charge in [-0.2, -0.15) is 5.10 Å². The highest BCUT2D eigenvalue weighted by atomic mass is 127. The molecular weight excluding hydrogens is 331 g/mol. The van der Waals surface area contributed by atoms with E-state index in [0.29, 0.717) is 19.8 Å². The minimum absolute atomic E-state index is 0.141. The maximum atomic E-state index is 9.45. The van der Waals surface area contributed by atoms with Crippen molar-refractivity contribution in [3.05, 3.63) is 28.0 Å². The average molecular weight is 344 g/mol. The first-order chi connectivity index (χ1) is 8.24. The van der Waals surface area contributed by atoms with Crippen molar-refractivity contribution in [2.75, 3.05) is 19.8 Å².